The molecule has 0 amide bonds. The molecule has 0 fully saturated rings. The Kier molecular flexibility index (Phi) is 4.21. The molecule has 1 heterocycles. The SMILES string of the molecule is CC(C)CC(C)n1c(N)nc2c(OC(C)C)cccc21. The van der Waals surface area contributed by atoms with Crippen molar-refractivity contribution in [1.82, 2.24) is 9.55 Å². The first-order valence-corrected chi connectivity index (χ1v) is 7.33. The van der Waals surface area contributed by atoms with Crippen LogP contribution in [0.2, 0.25) is 0 Å². The van der Waals surface area contributed by atoms with E-state index in [9.17, 15) is 0 Å². The molecule has 4 nitrogen and oxygen atoms in total. The molecule has 0 saturated heterocycles. The van der Waals surface area contributed by atoms with Gasteiger partial charge in [-0.3, -0.25) is 0 Å². The molecule has 2 aromatic rings. The van der Waals surface area contributed by atoms with Gasteiger partial charge in [0.15, 0.2) is 0 Å². The van der Waals surface area contributed by atoms with Crippen LogP contribution in [0, 0.1) is 5.92 Å². The second-order valence-corrected chi connectivity index (χ2v) is 6.11. The Morgan fingerprint density at radius 1 is 1.20 bits per heavy atom. The Hall–Kier alpha value is -1.71. The minimum Gasteiger partial charge on any atom is -0.489 e. The summed E-state index contributed by atoms with van der Waals surface area (Å²) in [5.74, 6) is 1.99. The van der Waals surface area contributed by atoms with Gasteiger partial charge in [-0.05, 0) is 45.2 Å². The van der Waals surface area contributed by atoms with E-state index in [1.54, 1.807) is 0 Å². The molecule has 2 N–H and O–H groups in total. The highest BCUT2D eigenvalue weighted by molar-refractivity contribution is 5.84. The minimum absolute atomic E-state index is 0.125. The second-order valence-electron chi connectivity index (χ2n) is 6.11. The zero-order valence-electron chi connectivity index (χ0n) is 13.1. The predicted octanol–water partition coefficient (Wildman–Crippen LogP) is 4.01. The van der Waals surface area contributed by atoms with Crippen LogP contribution in [0.15, 0.2) is 18.2 Å². The highest BCUT2D eigenvalue weighted by Gasteiger charge is 2.17. The van der Waals surface area contributed by atoms with Gasteiger partial charge in [-0.1, -0.05) is 19.9 Å². The number of hydrogen-bond acceptors (Lipinski definition) is 3. The van der Waals surface area contributed by atoms with Gasteiger partial charge in [0.05, 0.1) is 11.6 Å². The van der Waals surface area contributed by atoms with Crippen LogP contribution >= 0.6 is 0 Å². The second kappa shape index (κ2) is 5.73. The van der Waals surface area contributed by atoms with E-state index in [1.807, 2.05) is 26.0 Å². The van der Waals surface area contributed by atoms with Gasteiger partial charge in [0.25, 0.3) is 0 Å². The third kappa shape index (κ3) is 2.89. The predicted molar refractivity (Wildman–Crippen MR) is 84.1 cm³/mol. The van der Waals surface area contributed by atoms with E-state index in [2.05, 4.69) is 36.4 Å². The molecule has 20 heavy (non-hydrogen) atoms. The number of imidazole rings is 1. The Morgan fingerprint density at radius 2 is 1.90 bits per heavy atom. The van der Waals surface area contributed by atoms with Gasteiger partial charge < -0.3 is 15.0 Å². The van der Waals surface area contributed by atoms with Gasteiger partial charge in [0, 0.05) is 6.04 Å². The largest absolute Gasteiger partial charge is 0.489 e. The van der Waals surface area contributed by atoms with Gasteiger partial charge in [0.1, 0.15) is 11.3 Å². The van der Waals surface area contributed by atoms with E-state index in [4.69, 9.17) is 10.5 Å². The van der Waals surface area contributed by atoms with Crippen LogP contribution in [0.5, 0.6) is 5.75 Å². The monoisotopic (exact) mass is 275 g/mol. The highest BCUT2D eigenvalue weighted by Crippen LogP contribution is 2.31. The lowest BCUT2D eigenvalue weighted by Gasteiger charge is -2.18. The maximum Gasteiger partial charge on any atom is 0.201 e. The van der Waals surface area contributed by atoms with Crippen molar-refractivity contribution in [2.75, 3.05) is 5.73 Å². The Labute approximate surface area is 120 Å². The maximum atomic E-state index is 6.13. The molecule has 1 unspecified atom stereocenters. The van der Waals surface area contributed by atoms with Crippen LogP contribution in [0.25, 0.3) is 11.0 Å². The van der Waals surface area contributed by atoms with Gasteiger partial charge in [-0.2, -0.15) is 0 Å². The van der Waals surface area contributed by atoms with Crippen LogP contribution in [-0.4, -0.2) is 15.7 Å². The summed E-state index contributed by atoms with van der Waals surface area (Å²) in [5.41, 5.74) is 8.03. The van der Waals surface area contributed by atoms with Crippen LogP contribution < -0.4 is 10.5 Å². The van der Waals surface area contributed by atoms with Crippen LogP contribution in [0.1, 0.15) is 47.1 Å². The molecule has 0 bridgehead atoms. The third-order valence-corrected chi connectivity index (χ3v) is 3.33. The van der Waals surface area contributed by atoms with Crippen molar-refractivity contribution in [2.24, 2.45) is 5.92 Å². The summed E-state index contributed by atoms with van der Waals surface area (Å²) in [6.45, 7) is 10.7. The van der Waals surface area contributed by atoms with E-state index >= 15 is 0 Å². The fourth-order valence-electron chi connectivity index (χ4n) is 2.71. The summed E-state index contributed by atoms with van der Waals surface area (Å²) in [5, 5.41) is 0. The molecule has 1 aromatic carbocycles. The first-order chi connectivity index (χ1) is 9.40. The van der Waals surface area contributed by atoms with Crippen LogP contribution in [0.3, 0.4) is 0 Å². The number of para-hydroxylation sites is 1. The normalized spacial score (nSPS) is 13.3. The highest BCUT2D eigenvalue weighted by atomic mass is 16.5. The molecule has 0 spiro atoms. The Bertz CT molecular complexity index is 587. The quantitative estimate of drug-likeness (QED) is 0.897. The molecule has 1 atom stereocenters. The van der Waals surface area contributed by atoms with Crippen molar-refractivity contribution in [2.45, 2.75) is 53.2 Å². The standard InChI is InChI=1S/C16H25N3O/c1-10(2)9-12(5)19-13-7-6-8-14(20-11(3)4)15(13)18-16(19)17/h6-8,10-12H,9H2,1-5H3,(H2,17,18). The first-order valence-electron chi connectivity index (χ1n) is 7.33. The lowest BCUT2D eigenvalue weighted by molar-refractivity contribution is 0.245. The Balaban J connectivity index is 2.49. The van der Waals surface area contributed by atoms with Crippen molar-refractivity contribution >= 4 is 17.0 Å². The molecule has 1 aromatic heterocycles. The van der Waals surface area contributed by atoms with E-state index < -0.39 is 0 Å². The number of nitrogens with zero attached hydrogens (tertiary/aromatic N) is 2. The van der Waals surface area contributed by atoms with E-state index in [0.29, 0.717) is 17.9 Å². The van der Waals surface area contributed by atoms with Crippen LogP contribution in [0.4, 0.5) is 5.95 Å². The zero-order chi connectivity index (χ0) is 14.9. The van der Waals surface area contributed by atoms with E-state index in [1.165, 1.54) is 0 Å². The molecule has 4 heteroatoms. The number of anilines is 1. The van der Waals surface area contributed by atoms with Crippen molar-refractivity contribution in [3.05, 3.63) is 18.2 Å². The van der Waals surface area contributed by atoms with Gasteiger partial charge in [0.2, 0.25) is 5.95 Å². The number of nitrogens with two attached hydrogens (primary N) is 1. The lowest BCUT2D eigenvalue weighted by Crippen LogP contribution is -2.11. The maximum absolute atomic E-state index is 6.13. The van der Waals surface area contributed by atoms with Crippen molar-refractivity contribution in [1.29, 1.82) is 0 Å². The van der Waals surface area contributed by atoms with Crippen LogP contribution in [-0.2, 0) is 0 Å². The third-order valence-electron chi connectivity index (χ3n) is 3.33. The first kappa shape index (κ1) is 14.7. The summed E-state index contributed by atoms with van der Waals surface area (Å²) >= 11 is 0. The fourth-order valence-corrected chi connectivity index (χ4v) is 2.71. The molecule has 110 valence electrons. The van der Waals surface area contributed by atoms with Gasteiger partial charge in [-0.25, -0.2) is 4.98 Å². The number of ether oxygens (including phenoxy) is 1. The van der Waals surface area contributed by atoms with E-state index in [-0.39, 0.29) is 6.10 Å². The van der Waals surface area contributed by atoms with Gasteiger partial charge >= 0.3 is 0 Å². The molecular formula is C16H25N3O. The summed E-state index contributed by atoms with van der Waals surface area (Å²) in [6.07, 6.45) is 1.20. The molecule has 0 aliphatic heterocycles. The topological polar surface area (TPSA) is 53.1 Å². The van der Waals surface area contributed by atoms with Crippen molar-refractivity contribution in [3.8, 4) is 5.75 Å². The van der Waals surface area contributed by atoms with E-state index in [0.717, 1.165) is 23.2 Å². The molecule has 2 rings (SSSR count). The average molecular weight is 275 g/mol. The number of nitrogen functional groups attached to an aromatic ring is 1. The summed E-state index contributed by atoms with van der Waals surface area (Å²) in [4.78, 5) is 4.51. The zero-order valence-corrected chi connectivity index (χ0v) is 13.1. The van der Waals surface area contributed by atoms with Crippen molar-refractivity contribution < 1.29 is 4.74 Å². The number of aromatic nitrogens is 2. The number of fused-ring (bicyclic) bond motifs is 1. The lowest BCUT2D eigenvalue weighted by atomic mass is 10.0. The fraction of sp³-hybridized carbons (Fsp3) is 0.562. The Morgan fingerprint density at radius 3 is 2.50 bits per heavy atom. The minimum atomic E-state index is 0.125. The smallest absolute Gasteiger partial charge is 0.201 e. The number of rotatable bonds is 5. The molecule has 0 saturated carbocycles. The number of benzene rings is 1. The number of hydrogen-bond donors (Lipinski definition) is 1. The summed E-state index contributed by atoms with van der Waals surface area (Å²) in [7, 11) is 0. The molecular weight excluding hydrogens is 250 g/mol. The molecule has 0 aliphatic carbocycles. The molecule has 0 aliphatic rings. The summed E-state index contributed by atoms with van der Waals surface area (Å²) in [6, 6.07) is 6.34. The summed E-state index contributed by atoms with van der Waals surface area (Å²) < 4.78 is 7.94. The molecule has 0 radical (unpaired) electrons. The van der Waals surface area contributed by atoms with Gasteiger partial charge in [-0.15, -0.1) is 0 Å². The van der Waals surface area contributed by atoms with Crippen molar-refractivity contribution in [3.63, 3.8) is 0 Å². The average Bonchev–Trinajstić information content (AvgIpc) is 2.64.